The van der Waals surface area contributed by atoms with Gasteiger partial charge in [0, 0.05) is 16.6 Å². The van der Waals surface area contributed by atoms with E-state index in [2.05, 4.69) is 42.0 Å². The molecule has 1 saturated carbocycles. The Morgan fingerprint density at radius 1 is 1.24 bits per heavy atom. The van der Waals surface area contributed by atoms with E-state index in [1.165, 1.54) is 12.8 Å². The smallest absolute Gasteiger partial charge is 0.293 e. The van der Waals surface area contributed by atoms with E-state index in [1.807, 2.05) is 6.07 Å². The zero-order valence-corrected chi connectivity index (χ0v) is 14.4. The lowest BCUT2D eigenvalue weighted by molar-refractivity contribution is -0.384. The van der Waals surface area contributed by atoms with Gasteiger partial charge in [0.05, 0.1) is 4.92 Å². The summed E-state index contributed by atoms with van der Waals surface area (Å²) in [4.78, 5) is 10.8. The number of nitro benzene ring substituents is 1. The van der Waals surface area contributed by atoms with E-state index in [0.717, 1.165) is 23.2 Å². The Morgan fingerprint density at radius 2 is 1.86 bits per heavy atom. The summed E-state index contributed by atoms with van der Waals surface area (Å²) in [5.74, 6) is 0.746. The first-order chi connectivity index (χ1) is 9.77. The van der Waals surface area contributed by atoms with Crippen molar-refractivity contribution in [3.8, 4) is 0 Å². The molecule has 0 saturated heterocycles. The monoisotopic (exact) mass is 354 g/mol. The summed E-state index contributed by atoms with van der Waals surface area (Å²) in [6.07, 6.45) is 4.53. The van der Waals surface area contributed by atoms with E-state index in [9.17, 15) is 10.1 Å². The third-order valence-corrected chi connectivity index (χ3v) is 4.96. The summed E-state index contributed by atoms with van der Waals surface area (Å²) in [6.45, 7) is 6.89. The average Bonchev–Trinajstić information content (AvgIpc) is 2.40. The van der Waals surface area contributed by atoms with Gasteiger partial charge in [-0.2, -0.15) is 0 Å². The van der Waals surface area contributed by atoms with E-state index in [-0.39, 0.29) is 10.6 Å². The Hall–Kier alpha value is -1.10. The maximum absolute atomic E-state index is 11.1. The van der Waals surface area contributed by atoms with Crippen LogP contribution >= 0.6 is 15.9 Å². The van der Waals surface area contributed by atoms with Crippen LogP contribution in [-0.2, 0) is 0 Å². The predicted molar refractivity (Wildman–Crippen MR) is 89.6 cm³/mol. The number of halogens is 1. The molecular weight excluding hydrogens is 332 g/mol. The number of nitrogens with zero attached hydrogens (tertiary/aromatic N) is 1. The highest BCUT2D eigenvalue weighted by Gasteiger charge is 2.30. The van der Waals surface area contributed by atoms with Gasteiger partial charge in [-0.15, -0.1) is 0 Å². The maximum atomic E-state index is 11.1. The molecule has 5 heteroatoms. The standard InChI is InChI=1S/C16H23BrN2O2/c1-16(2,3)11-4-7-13(8-5-11)18-14-9-6-12(17)10-15(14)19(20)21/h6,9-11,13,18H,4-5,7-8H2,1-3H3. The van der Waals surface area contributed by atoms with Gasteiger partial charge in [0.25, 0.3) is 5.69 Å². The number of anilines is 1. The van der Waals surface area contributed by atoms with Crippen molar-refractivity contribution in [1.29, 1.82) is 0 Å². The lowest BCUT2D eigenvalue weighted by atomic mass is 9.71. The van der Waals surface area contributed by atoms with Crippen molar-refractivity contribution < 1.29 is 4.92 Å². The van der Waals surface area contributed by atoms with Gasteiger partial charge in [-0.3, -0.25) is 10.1 Å². The lowest BCUT2D eigenvalue weighted by Crippen LogP contribution is -2.31. The van der Waals surface area contributed by atoms with Crippen LogP contribution in [-0.4, -0.2) is 11.0 Å². The second-order valence-electron chi connectivity index (χ2n) is 6.98. The fourth-order valence-corrected chi connectivity index (χ4v) is 3.45. The zero-order chi connectivity index (χ0) is 15.6. The first kappa shape index (κ1) is 16.3. The molecule has 0 unspecified atom stereocenters. The molecule has 0 aromatic heterocycles. The van der Waals surface area contributed by atoms with Crippen LogP contribution in [0.25, 0.3) is 0 Å². The van der Waals surface area contributed by atoms with Crippen molar-refractivity contribution >= 4 is 27.3 Å². The van der Waals surface area contributed by atoms with Crippen molar-refractivity contribution in [2.75, 3.05) is 5.32 Å². The number of benzene rings is 1. The predicted octanol–water partition coefficient (Wildman–Crippen LogP) is 5.37. The van der Waals surface area contributed by atoms with Gasteiger partial charge in [-0.05, 0) is 49.1 Å². The Morgan fingerprint density at radius 3 is 2.38 bits per heavy atom. The Kier molecular flexibility index (Phi) is 4.91. The Balaban J connectivity index is 2.03. The molecule has 1 aromatic rings. The van der Waals surface area contributed by atoms with Crippen LogP contribution < -0.4 is 5.32 Å². The molecule has 1 aromatic carbocycles. The van der Waals surface area contributed by atoms with Gasteiger partial charge >= 0.3 is 0 Å². The molecule has 0 spiro atoms. The van der Waals surface area contributed by atoms with Crippen LogP contribution in [0.15, 0.2) is 22.7 Å². The maximum Gasteiger partial charge on any atom is 0.293 e. The summed E-state index contributed by atoms with van der Waals surface area (Å²) in [5.41, 5.74) is 1.12. The molecule has 4 nitrogen and oxygen atoms in total. The van der Waals surface area contributed by atoms with Crippen LogP contribution in [0.4, 0.5) is 11.4 Å². The molecule has 1 aliphatic carbocycles. The van der Waals surface area contributed by atoms with E-state index < -0.39 is 0 Å². The minimum atomic E-state index is -0.326. The fraction of sp³-hybridized carbons (Fsp3) is 0.625. The third-order valence-electron chi connectivity index (χ3n) is 4.47. The summed E-state index contributed by atoms with van der Waals surface area (Å²) in [6, 6.07) is 5.53. The number of rotatable bonds is 3. The van der Waals surface area contributed by atoms with Crippen LogP contribution in [0, 0.1) is 21.4 Å². The van der Waals surface area contributed by atoms with Crippen molar-refractivity contribution in [2.24, 2.45) is 11.3 Å². The average molecular weight is 355 g/mol. The highest BCUT2D eigenvalue weighted by molar-refractivity contribution is 9.10. The highest BCUT2D eigenvalue weighted by Crippen LogP contribution is 2.39. The molecule has 0 heterocycles. The van der Waals surface area contributed by atoms with E-state index in [1.54, 1.807) is 12.1 Å². The van der Waals surface area contributed by atoms with Crippen LogP contribution in [0.3, 0.4) is 0 Å². The fourth-order valence-electron chi connectivity index (χ4n) is 3.10. The van der Waals surface area contributed by atoms with E-state index in [0.29, 0.717) is 17.1 Å². The number of hydrogen-bond donors (Lipinski definition) is 1. The summed E-state index contributed by atoms with van der Waals surface area (Å²) >= 11 is 3.29. The number of nitrogens with one attached hydrogen (secondary N) is 1. The van der Waals surface area contributed by atoms with Crippen LogP contribution in [0.1, 0.15) is 46.5 Å². The van der Waals surface area contributed by atoms with E-state index >= 15 is 0 Å². The van der Waals surface area contributed by atoms with Crippen LogP contribution in [0.2, 0.25) is 0 Å². The van der Waals surface area contributed by atoms with Gasteiger partial charge in [0.2, 0.25) is 0 Å². The minimum Gasteiger partial charge on any atom is -0.377 e. The van der Waals surface area contributed by atoms with Gasteiger partial charge in [0.1, 0.15) is 5.69 Å². The van der Waals surface area contributed by atoms with Gasteiger partial charge < -0.3 is 5.32 Å². The zero-order valence-electron chi connectivity index (χ0n) is 12.9. The molecule has 1 aliphatic rings. The molecule has 21 heavy (non-hydrogen) atoms. The minimum absolute atomic E-state index is 0.141. The molecular formula is C16H23BrN2O2. The largest absolute Gasteiger partial charge is 0.377 e. The quantitative estimate of drug-likeness (QED) is 0.585. The SMILES string of the molecule is CC(C)(C)C1CCC(Nc2ccc(Br)cc2[N+](=O)[O-])CC1. The van der Waals surface area contributed by atoms with E-state index in [4.69, 9.17) is 0 Å². The summed E-state index contributed by atoms with van der Waals surface area (Å²) < 4.78 is 0.733. The summed E-state index contributed by atoms with van der Waals surface area (Å²) in [5, 5.41) is 14.5. The molecule has 1 N–H and O–H groups in total. The lowest BCUT2D eigenvalue weighted by Gasteiger charge is -2.37. The Bertz CT molecular complexity index is 517. The molecule has 0 bridgehead atoms. The van der Waals surface area contributed by atoms with Crippen LogP contribution in [0.5, 0.6) is 0 Å². The first-order valence-corrected chi connectivity index (χ1v) is 8.27. The van der Waals surface area contributed by atoms with Crippen molar-refractivity contribution in [3.05, 3.63) is 32.8 Å². The Labute approximate surface area is 134 Å². The van der Waals surface area contributed by atoms with Gasteiger partial charge in [-0.25, -0.2) is 0 Å². The highest BCUT2D eigenvalue weighted by atomic mass is 79.9. The molecule has 2 rings (SSSR count). The second-order valence-corrected chi connectivity index (χ2v) is 7.89. The molecule has 0 aliphatic heterocycles. The normalized spacial score (nSPS) is 22.9. The van der Waals surface area contributed by atoms with Crippen molar-refractivity contribution in [3.63, 3.8) is 0 Å². The van der Waals surface area contributed by atoms with Gasteiger partial charge in [-0.1, -0.05) is 36.7 Å². The first-order valence-electron chi connectivity index (χ1n) is 7.48. The van der Waals surface area contributed by atoms with Gasteiger partial charge in [0.15, 0.2) is 0 Å². The molecule has 116 valence electrons. The van der Waals surface area contributed by atoms with Crippen molar-refractivity contribution in [1.82, 2.24) is 0 Å². The number of nitro groups is 1. The van der Waals surface area contributed by atoms with Crippen molar-refractivity contribution in [2.45, 2.75) is 52.5 Å². The molecule has 0 atom stereocenters. The molecule has 0 amide bonds. The molecule has 0 radical (unpaired) electrons. The topological polar surface area (TPSA) is 55.2 Å². The number of hydrogen-bond acceptors (Lipinski definition) is 3. The second kappa shape index (κ2) is 6.34. The third kappa shape index (κ3) is 4.19. The molecule has 1 fully saturated rings. The summed E-state index contributed by atoms with van der Waals surface area (Å²) in [7, 11) is 0.